The van der Waals surface area contributed by atoms with E-state index in [1.54, 1.807) is 0 Å². The molecule has 1 saturated heterocycles. The van der Waals surface area contributed by atoms with Crippen molar-refractivity contribution in [2.24, 2.45) is 0 Å². The summed E-state index contributed by atoms with van der Waals surface area (Å²) >= 11 is 0. The van der Waals surface area contributed by atoms with Crippen molar-refractivity contribution in [2.45, 2.75) is 6.10 Å². The van der Waals surface area contributed by atoms with E-state index in [0.29, 0.717) is 13.4 Å². The van der Waals surface area contributed by atoms with E-state index >= 15 is 0 Å². The minimum Gasteiger partial charge on any atom is -0.491 e. The highest BCUT2D eigenvalue weighted by atomic mass is 16.7. The molecule has 0 aromatic heterocycles. The number of hydrogen-bond donors (Lipinski definition) is 0. The molecule has 74 valence electrons. The molecular weight excluding hydrogens is 184 g/mol. The maximum Gasteiger partial charge on any atom is 0.231 e. The van der Waals surface area contributed by atoms with E-state index in [2.05, 4.69) is 0 Å². The van der Waals surface area contributed by atoms with E-state index in [9.17, 15) is 0 Å². The number of epoxide rings is 1. The Balaban J connectivity index is 1.71. The molecule has 1 aromatic rings. The third kappa shape index (κ3) is 1.48. The predicted octanol–water partition coefficient (Wildman–Crippen LogP) is 1.19. The van der Waals surface area contributed by atoms with Crippen LogP contribution in [-0.4, -0.2) is 26.1 Å². The smallest absolute Gasteiger partial charge is 0.231 e. The minimum atomic E-state index is 0.278. The lowest BCUT2D eigenvalue weighted by molar-refractivity contribution is 0.173. The summed E-state index contributed by atoms with van der Waals surface area (Å²) in [5.74, 6) is 2.32. The van der Waals surface area contributed by atoms with Crippen LogP contribution in [0.3, 0.4) is 0 Å². The molecule has 0 unspecified atom stereocenters. The number of hydrogen-bond acceptors (Lipinski definition) is 4. The maximum atomic E-state index is 5.49. The lowest BCUT2D eigenvalue weighted by Gasteiger charge is -2.04. The molecule has 0 aliphatic carbocycles. The quantitative estimate of drug-likeness (QED) is 0.678. The molecule has 0 bridgehead atoms. The molecule has 3 rings (SSSR count). The molecule has 0 radical (unpaired) electrons. The molecule has 14 heavy (non-hydrogen) atoms. The van der Waals surface area contributed by atoms with E-state index in [1.807, 2.05) is 18.2 Å². The average molecular weight is 194 g/mol. The molecule has 4 nitrogen and oxygen atoms in total. The predicted molar refractivity (Wildman–Crippen MR) is 47.8 cm³/mol. The summed E-state index contributed by atoms with van der Waals surface area (Å²) in [6.45, 7) is 1.72. The molecule has 4 heteroatoms. The molecular formula is C10H10O4. The van der Waals surface area contributed by atoms with Crippen LogP contribution < -0.4 is 14.2 Å². The van der Waals surface area contributed by atoms with Crippen LogP contribution in [0.2, 0.25) is 0 Å². The van der Waals surface area contributed by atoms with Crippen molar-refractivity contribution >= 4 is 0 Å². The molecule has 2 aliphatic rings. The Bertz CT molecular complexity index is 346. The lowest BCUT2D eigenvalue weighted by Crippen LogP contribution is -2.03. The van der Waals surface area contributed by atoms with Gasteiger partial charge < -0.3 is 18.9 Å². The Morgan fingerprint density at radius 1 is 1.29 bits per heavy atom. The summed E-state index contributed by atoms with van der Waals surface area (Å²) in [7, 11) is 0. The zero-order valence-electron chi connectivity index (χ0n) is 7.56. The molecule has 2 aliphatic heterocycles. The summed E-state index contributed by atoms with van der Waals surface area (Å²) in [5.41, 5.74) is 0. The molecule has 0 N–H and O–H groups in total. The average Bonchev–Trinajstić information content (AvgIpc) is 2.92. The van der Waals surface area contributed by atoms with Gasteiger partial charge in [-0.1, -0.05) is 0 Å². The van der Waals surface area contributed by atoms with Crippen LogP contribution >= 0.6 is 0 Å². The Morgan fingerprint density at radius 2 is 2.14 bits per heavy atom. The topological polar surface area (TPSA) is 40.2 Å². The molecule has 1 fully saturated rings. The van der Waals surface area contributed by atoms with Crippen molar-refractivity contribution in [3.05, 3.63) is 18.2 Å². The summed E-state index contributed by atoms with van der Waals surface area (Å²) in [6.07, 6.45) is 0.278. The standard InChI is InChI=1S/C10H10O4/c1-2-9-10(14-6-13-9)3-7(1)11-4-8-5-12-8/h1-3,8H,4-6H2/t8-/m1/s1. The zero-order valence-corrected chi connectivity index (χ0v) is 7.56. The van der Waals surface area contributed by atoms with Crippen molar-refractivity contribution in [3.8, 4) is 17.2 Å². The second-order valence-corrected chi connectivity index (χ2v) is 3.28. The van der Waals surface area contributed by atoms with Crippen LogP contribution in [0.1, 0.15) is 0 Å². The zero-order chi connectivity index (χ0) is 9.38. The number of rotatable bonds is 3. The third-order valence-electron chi connectivity index (χ3n) is 2.18. The Kier molecular flexibility index (Phi) is 1.73. The molecule has 1 atom stereocenters. The van der Waals surface area contributed by atoms with Gasteiger partial charge in [0.25, 0.3) is 0 Å². The van der Waals surface area contributed by atoms with Gasteiger partial charge in [0.2, 0.25) is 6.79 Å². The van der Waals surface area contributed by atoms with Gasteiger partial charge in [-0.05, 0) is 12.1 Å². The van der Waals surface area contributed by atoms with Crippen LogP contribution in [0.25, 0.3) is 0 Å². The van der Waals surface area contributed by atoms with E-state index < -0.39 is 0 Å². The van der Waals surface area contributed by atoms with Crippen molar-refractivity contribution in [1.29, 1.82) is 0 Å². The normalized spacial score (nSPS) is 22.1. The molecule has 0 saturated carbocycles. The first-order chi connectivity index (χ1) is 6.92. The first-order valence-electron chi connectivity index (χ1n) is 4.56. The lowest BCUT2D eigenvalue weighted by atomic mass is 10.3. The highest BCUT2D eigenvalue weighted by molar-refractivity contribution is 5.46. The number of benzene rings is 1. The van der Waals surface area contributed by atoms with Gasteiger partial charge in [0.1, 0.15) is 18.5 Å². The summed E-state index contributed by atoms with van der Waals surface area (Å²) in [5, 5.41) is 0. The first-order valence-corrected chi connectivity index (χ1v) is 4.56. The number of ether oxygens (including phenoxy) is 4. The van der Waals surface area contributed by atoms with Crippen molar-refractivity contribution in [1.82, 2.24) is 0 Å². The maximum absolute atomic E-state index is 5.49. The van der Waals surface area contributed by atoms with Crippen LogP contribution in [0.4, 0.5) is 0 Å². The SMILES string of the molecule is c1cc2c(cc1OC[C@@H]1CO1)OCO2. The summed E-state index contributed by atoms with van der Waals surface area (Å²) in [6, 6.07) is 5.56. The second-order valence-electron chi connectivity index (χ2n) is 3.28. The van der Waals surface area contributed by atoms with Gasteiger partial charge in [0.05, 0.1) is 6.61 Å². The van der Waals surface area contributed by atoms with Crippen LogP contribution in [0, 0.1) is 0 Å². The van der Waals surface area contributed by atoms with Crippen molar-refractivity contribution in [3.63, 3.8) is 0 Å². The van der Waals surface area contributed by atoms with E-state index in [1.165, 1.54) is 0 Å². The van der Waals surface area contributed by atoms with Gasteiger partial charge >= 0.3 is 0 Å². The Hall–Kier alpha value is -1.42. The largest absolute Gasteiger partial charge is 0.491 e. The fourth-order valence-electron chi connectivity index (χ4n) is 1.32. The molecule has 2 heterocycles. The Labute approximate surface area is 81.3 Å². The summed E-state index contributed by atoms with van der Waals surface area (Å²) < 4.78 is 21.0. The Morgan fingerprint density at radius 3 is 3.00 bits per heavy atom. The molecule has 0 amide bonds. The second kappa shape index (κ2) is 3.06. The summed E-state index contributed by atoms with van der Waals surface area (Å²) in [4.78, 5) is 0. The van der Waals surface area contributed by atoms with Gasteiger partial charge in [-0.25, -0.2) is 0 Å². The number of fused-ring (bicyclic) bond motifs is 1. The third-order valence-corrected chi connectivity index (χ3v) is 2.18. The van der Waals surface area contributed by atoms with Gasteiger partial charge in [-0.15, -0.1) is 0 Å². The van der Waals surface area contributed by atoms with Gasteiger partial charge in [0.15, 0.2) is 11.5 Å². The van der Waals surface area contributed by atoms with Crippen molar-refractivity contribution < 1.29 is 18.9 Å². The van der Waals surface area contributed by atoms with Crippen LogP contribution in [0.15, 0.2) is 18.2 Å². The van der Waals surface area contributed by atoms with Crippen LogP contribution in [0.5, 0.6) is 17.2 Å². The monoisotopic (exact) mass is 194 g/mol. The van der Waals surface area contributed by atoms with Crippen molar-refractivity contribution in [2.75, 3.05) is 20.0 Å². The highest BCUT2D eigenvalue weighted by Crippen LogP contribution is 2.35. The fraction of sp³-hybridized carbons (Fsp3) is 0.400. The van der Waals surface area contributed by atoms with Gasteiger partial charge in [0, 0.05) is 6.07 Å². The molecule has 0 spiro atoms. The fourth-order valence-corrected chi connectivity index (χ4v) is 1.32. The van der Waals surface area contributed by atoms with Crippen LogP contribution in [-0.2, 0) is 4.74 Å². The minimum absolute atomic E-state index is 0.278. The first kappa shape index (κ1) is 7.94. The van der Waals surface area contributed by atoms with E-state index in [4.69, 9.17) is 18.9 Å². The molecule has 1 aromatic carbocycles. The van der Waals surface area contributed by atoms with E-state index in [-0.39, 0.29) is 6.10 Å². The van der Waals surface area contributed by atoms with Gasteiger partial charge in [-0.3, -0.25) is 0 Å². The van der Waals surface area contributed by atoms with Gasteiger partial charge in [-0.2, -0.15) is 0 Å². The highest BCUT2D eigenvalue weighted by Gasteiger charge is 2.23. The van der Waals surface area contributed by atoms with E-state index in [0.717, 1.165) is 23.9 Å².